The Morgan fingerprint density at radius 2 is 2.00 bits per heavy atom. The molecule has 0 unspecified atom stereocenters. The van der Waals surface area contributed by atoms with Crippen molar-refractivity contribution >= 4 is 28.6 Å². The molecule has 1 aromatic carbocycles. The first-order valence-electron chi connectivity index (χ1n) is 9.51. The van der Waals surface area contributed by atoms with Gasteiger partial charge >= 0.3 is 0 Å². The van der Waals surface area contributed by atoms with Gasteiger partial charge in [-0.25, -0.2) is 4.98 Å². The maximum absolute atomic E-state index is 12.7. The number of benzene rings is 1. The summed E-state index contributed by atoms with van der Waals surface area (Å²) >= 11 is 3.15. The largest absolute Gasteiger partial charge is 0.497 e. The summed E-state index contributed by atoms with van der Waals surface area (Å²) in [6.45, 7) is 2.89. The Bertz CT molecular complexity index is 900. The Hall–Kier alpha value is -2.22. The highest BCUT2D eigenvalue weighted by Gasteiger charge is 2.28. The molecule has 146 valence electrons. The number of likely N-dealkylation sites (tertiary alicyclic amines) is 1. The number of aromatic nitrogens is 1. The molecule has 0 bridgehead atoms. The molecule has 1 fully saturated rings. The van der Waals surface area contributed by atoms with Crippen molar-refractivity contribution in [2.24, 2.45) is 0 Å². The summed E-state index contributed by atoms with van der Waals surface area (Å²) in [4.78, 5) is 19.8. The Morgan fingerprint density at radius 1 is 1.21 bits per heavy atom. The molecule has 1 amide bonds. The number of methoxy groups -OCH3 is 1. The van der Waals surface area contributed by atoms with Crippen LogP contribution in [0.2, 0.25) is 0 Å². The van der Waals surface area contributed by atoms with Gasteiger partial charge < -0.3 is 15.0 Å². The van der Waals surface area contributed by atoms with E-state index in [1.807, 2.05) is 35.0 Å². The van der Waals surface area contributed by atoms with Crippen molar-refractivity contribution < 1.29 is 14.4 Å². The molecule has 7 heteroatoms. The van der Waals surface area contributed by atoms with Crippen molar-refractivity contribution in [3.05, 3.63) is 58.4 Å². The second-order valence-electron chi connectivity index (χ2n) is 6.92. The minimum Gasteiger partial charge on any atom is -0.497 e. The second kappa shape index (κ2) is 8.86. The van der Waals surface area contributed by atoms with E-state index in [0.29, 0.717) is 12.2 Å². The van der Waals surface area contributed by atoms with Gasteiger partial charge in [0.25, 0.3) is 5.91 Å². The van der Waals surface area contributed by atoms with E-state index in [4.69, 9.17) is 4.74 Å². The highest BCUT2D eigenvalue weighted by molar-refractivity contribution is 7.20. The third kappa shape index (κ3) is 4.27. The van der Waals surface area contributed by atoms with Crippen LogP contribution < -0.4 is 15.0 Å². The van der Waals surface area contributed by atoms with Gasteiger partial charge in [0.1, 0.15) is 22.5 Å². The molecule has 0 aliphatic carbocycles. The Balaban J connectivity index is 1.45. The molecule has 2 N–H and O–H groups in total. The first-order valence-corrected chi connectivity index (χ1v) is 11.3. The van der Waals surface area contributed by atoms with Crippen LogP contribution in [0, 0.1) is 0 Å². The van der Waals surface area contributed by atoms with Crippen molar-refractivity contribution in [1.82, 2.24) is 10.3 Å². The molecule has 0 saturated carbocycles. The molecule has 0 radical (unpaired) electrons. The minimum atomic E-state index is -0.101. The van der Waals surface area contributed by atoms with Gasteiger partial charge in [-0.15, -0.1) is 22.7 Å². The van der Waals surface area contributed by atoms with Gasteiger partial charge in [-0.3, -0.25) is 4.79 Å². The van der Waals surface area contributed by atoms with Crippen molar-refractivity contribution in [2.45, 2.75) is 18.9 Å². The molecular weight excluding hydrogens is 390 g/mol. The third-order valence-corrected chi connectivity index (χ3v) is 7.07. The summed E-state index contributed by atoms with van der Waals surface area (Å²) in [5.41, 5.74) is 1.73. The fourth-order valence-corrected chi connectivity index (χ4v) is 5.30. The average molecular weight is 415 g/mol. The number of amides is 1. The standard InChI is InChI=1S/C21H23N3O2S2/c1-26-16-8-6-15(7-9-16)18(24-10-2-3-11-24)13-22-20(25)17-14-28-21(23-17)19-5-4-12-27-19/h4-9,12,14,18H,2-3,10-11,13H2,1H3,(H,22,25)/p+1/t18-/m0/s1. The van der Waals surface area contributed by atoms with E-state index in [1.54, 1.807) is 18.4 Å². The first-order chi connectivity index (χ1) is 13.7. The summed E-state index contributed by atoms with van der Waals surface area (Å²) < 4.78 is 5.28. The zero-order valence-electron chi connectivity index (χ0n) is 15.8. The van der Waals surface area contributed by atoms with E-state index in [2.05, 4.69) is 22.4 Å². The lowest BCUT2D eigenvalue weighted by Gasteiger charge is -2.25. The first kappa shape index (κ1) is 19.1. The maximum atomic E-state index is 12.7. The summed E-state index contributed by atoms with van der Waals surface area (Å²) in [5, 5.41) is 7.88. The van der Waals surface area contributed by atoms with Crippen molar-refractivity contribution in [3.8, 4) is 15.6 Å². The van der Waals surface area contributed by atoms with Gasteiger partial charge in [-0.1, -0.05) is 6.07 Å². The van der Waals surface area contributed by atoms with Gasteiger partial charge in [-0.2, -0.15) is 0 Å². The molecule has 3 aromatic rings. The number of ether oxygens (including phenoxy) is 1. The molecule has 0 spiro atoms. The number of thiophene rings is 1. The van der Waals surface area contributed by atoms with E-state index in [9.17, 15) is 4.79 Å². The summed E-state index contributed by atoms with van der Waals surface area (Å²) in [6.07, 6.45) is 2.48. The SMILES string of the molecule is COc1ccc([C@H](CNC(=O)c2csc(-c3cccs3)n2)[NH+]2CCCC2)cc1. The molecule has 5 nitrogen and oxygen atoms in total. The van der Waals surface area contributed by atoms with E-state index < -0.39 is 0 Å². The highest BCUT2D eigenvalue weighted by atomic mass is 32.1. The molecule has 28 heavy (non-hydrogen) atoms. The van der Waals surface area contributed by atoms with Crippen LogP contribution >= 0.6 is 22.7 Å². The smallest absolute Gasteiger partial charge is 0.271 e. The number of rotatable bonds is 7. The number of nitrogens with zero attached hydrogens (tertiary/aromatic N) is 1. The lowest BCUT2D eigenvalue weighted by Crippen LogP contribution is -3.11. The molecule has 1 saturated heterocycles. The Kier molecular flexibility index (Phi) is 6.04. The molecule has 1 atom stereocenters. The van der Waals surface area contributed by atoms with Crippen molar-refractivity contribution in [3.63, 3.8) is 0 Å². The van der Waals surface area contributed by atoms with Gasteiger partial charge in [0.05, 0.1) is 31.6 Å². The monoisotopic (exact) mass is 414 g/mol. The minimum absolute atomic E-state index is 0.101. The number of hydrogen-bond donors (Lipinski definition) is 2. The van der Waals surface area contributed by atoms with Crippen LogP contribution in [0.25, 0.3) is 9.88 Å². The van der Waals surface area contributed by atoms with Crippen LogP contribution in [0.5, 0.6) is 5.75 Å². The third-order valence-electron chi connectivity index (χ3n) is 5.19. The van der Waals surface area contributed by atoms with E-state index in [1.165, 1.54) is 34.6 Å². The van der Waals surface area contributed by atoms with Gasteiger partial charge in [0.2, 0.25) is 0 Å². The van der Waals surface area contributed by atoms with Crippen molar-refractivity contribution in [2.75, 3.05) is 26.7 Å². The molecule has 2 aromatic heterocycles. The lowest BCUT2D eigenvalue weighted by molar-refractivity contribution is -0.918. The molecule has 3 heterocycles. The second-order valence-corrected chi connectivity index (χ2v) is 8.72. The molecule has 4 rings (SSSR count). The quantitative estimate of drug-likeness (QED) is 0.625. The normalized spacial score (nSPS) is 15.5. The highest BCUT2D eigenvalue weighted by Crippen LogP contribution is 2.27. The van der Waals surface area contributed by atoms with Crippen LogP contribution in [0.15, 0.2) is 47.2 Å². The van der Waals surface area contributed by atoms with E-state index in [-0.39, 0.29) is 11.9 Å². The summed E-state index contributed by atoms with van der Waals surface area (Å²) in [5.74, 6) is 0.753. The van der Waals surface area contributed by atoms with Crippen LogP contribution in [-0.4, -0.2) is 37.6 Å². The average Bonchev–Trinajstić information content (AvgIpc) is 3.50. The van der Waals surface area contributed by atoms with Crippen LogP contribution in [0.3, 0.4) is 0 Å². The summed E-state index contributed by atoms with van der Waals surface area (Å²) in [7, 11) is 1.68. The van der Waals surface area contributed by atoms with Crippen molar-refractivity contribution in [1.29, 1.82) is 0 Å². The topological polar surface area (TPSA) is 55.7 Å². The Labute approximate surface area is 173 Å². The summed E-state index contributed by atoms with van der Waals surface area (Å²) in [6, 6.07) is 12.5. The molecular formula is C21H24N3O2S2+. The van der Waals surface area contributed by atoms with Crippen LogP contribution in [0.4, 0.5) is 0 Å². The molecule has 1 aliphatic heterocycles. The predicted octanol–water partition coefficient (Wildman–Crippen LogP) is 3.03. The van der Waals surface area contributed by atoms with Gasteiger partial charge in [0, 0.05) is 23.8 Å². The van der Waals surface area contributed by atoms with Crippen LogP contribution in [0.1, 0.15) is 34.9 Å². The number of carbonyl (C=O) groups is 1. The zero-order chi connectivity index (χ0) is 19.3. The zero-order valence-corrected chi connectivity index (χ0v) is 17.4. The number of nitrogens with one attached hydrogen (secondary N) is 2. The number of carbonyl (C=O) groups excluding carboxylic acids is 1. The van der Waals surface area contributed by atoms with E-state index in [0.717, 1.165) is 28.7 Å². The fraction of sp³-hybridized carbons (Fsp3) is 0.333. The number of hydrogen-bond acceptors (Lipinski definition) is 5. The predicted molar refractivity (Wildman–Crippen MR) is 113 cm³/mol. The van der Waals surface area contributed by atoms with Crippen LogP contribution in [-0.2, 0) is 0 Å². The number of quaternary nitrogens is 1. The van der Waals surface area contributed by atoms with Gasteiger partial charge in [0.15, 0.2) is 0 Å². The maximum Gasteiger partial charge on any atom is 0.271 e. The van der Waals surface area contributed by atoms with Gasteiger partial charge in [-0.05, 0) is 35.7 Å². The van der Waals surface area contributed by atoms with E-state index >= 15 is 0 Å². The number of thiazole rings is 1. The lowest BCUT2D eigenvalue weighted by atomic mass is 10.1. The molecule has 1 aliphatic rings. The Morgan fingerprint density at radius 3 is 2.68 bits per heavy atom. The fourth-order valence-electron chi connectivity index (χ4n) is 3.69.